The molecular formula is C21H22FN3O2. The highest BCUT2D eigenvalue weighted by Gasteiger charge is 2.16. The number of nitrogens with two attached hydrogens (primary N) is 1. The molecule has 0 radical (unpaired) electrons. The molecule has 0 atom stereocenters. The second kappa shape index (κ2) is 7.50. The van der Waals surface area contributed by atoms with Gasteiger partial charge in [-0.2, -0.15) is 0 Å². The summed E-state index contributed by atoms with van der Waals surface area (Å²) in [4.78, 5) is 11.5. The van der Waals surface area contributed by atoms with Gasteiger partial charge in [-0.25, -0.2) is 4.39 Å². The van der Waals surface area contributed by atoms with Crippen LogP contribution in [-0.4, -0.2) is 25.0 Å². The lowest BCUT2D eigenvalue weighted by atomic mass is 10.1. The molecule has 27 heavy (non-hydrogen) atoms. The predicted octanol–water partition coefficient (Wildman–Crippen LogP) is 3.18. The van der Waals surface area contributed by atoms with Gasteiger partial charge in [-0.15, -0.1) is 0 Å². The fraction of sp³-hybridized carbons (Fsp3) is 0.286. The highest BCUT2D eigenvalue weighted by Crippen LogP contribution is 2.30. The Bertz CT molecular complexity index is 959. The molecule has 3 aromatic rings. The van der Waals surface area contributed by atoms with Crippen LogP contribution in [0.2, 0.25) is 0 Å². The molecule has 1 fully saturated rings. The van der Waals surface area contributed by atoms with E-state index in [1.807, 2.05) is 24.3 Å². The van der Waals surface area contributed by atoms with Gasteiger partial charge >= 0.3 is 0 Å². The maximum absolute atomic E-state index is 13.7. The van der Waals surface area contributed by atoms with Crippen molar-refractivity contribution < 1.29 is 13.6 Å². The number of fused-ring (bicyclic) bond motifs is 1. The number of carbonyl (C=O) groups excluding carboxylic acids is 1. The number of carbonyl (C=O) groups is 1. The van der Waals surface area contributed by atoms with E-state index in [1.54, 1.807) is 6.07 Å². The van der Waals surface area contributed by atoms with Crippen LogP contribution >= 0.6 is 0 Å². The zero-order valence-electron chi connectivity index (χ0n) is 14.9. The lowest BCUT2D eigenvalue weighted by Gasteiger charge is -2.23. The maximum atomic E-state index is 13.7. The van der Waals surface area contributed by atoms with Gasteiger partial charge in [-0.05, 0) is 49.7 Å². The summed E-state index contributed by atoms with van der Waals surface area (Å²) in [6.45, 7) is 2.95. The van der Waals surface area contributed by atoms with E-state index >= 15 is 0 Å². The summed E-state index contributed by atoms with van der Waals surface area (Å²) in [6, 6.07) is 12.8. The van der Waals surface area contributed by atoms with E-state index < -0.39 is 11.7 Å². The number of amides is 1. The standard InChI is InChI=1S/C21H22FN3O2/c22-16-9-15-10-19(27-20(15)18(11-16)21(23)26)14-3-1-13(2-4-14)12-25-17-5-7-24-8-6-17/h1-4,9-11,17,24-25H,5-8,12H2,(H2,23,26). The molecule has 0 bridgehead atoms. The fourth-order valence-electron chi connectivity index (χ4n) is 3.52. The van der Waals surface area contributed by atoms with Gasteiger partial charge in [0.2, 0.25) is 0 Å². The summed E-state index contributed by atoms with van der Waals surface area (Å²) in [7, 11) is 0. The number of furan rings is 1. The quantitative estimate of drug-likeness (QED) is 0.647. The largest absolute Gasteiger partial charge is 0.455 e. The van der Waals surface area contributed by atoms with Crippen LogP contribution < -0.4 is 16.4 Å². The highest BCUT2D eigenvalue weighted by molar-refractivity contribution is 6.04. The minimum atomic E-state index is -0.709. The molecule has 140 valence electrons. The molecule has 5 nitrogen and oxygen atoms in total. The van der Waals surface area contributed by atoms with Crippen molar-refractivity contribution in [3.63, 3.8) is 0 Å². The first-order valence-corrected chi connectivity index (χ1v) is 9.16. The molecule has 4 rings (SSSR count). The zero-order chi connectivity index (χ0) is 18.8. The number of halogens is 1. The third kappa shape index (κ3) is 3.86. The average molecular weight is 367 g/mol. The third-order valence-corrected chi connectivity index (χ3v) is 5.02. The number of primary amides is 1. The number of piperidine rings is 1. The molecule has 2 heterocycles. The molecular weight excluding hydrogens is 345 g/mol. The van der Waals surface area contributed by atoms with Gasteiger partial charge in [0.25, 0.3) is 5.91 Å². The van der Waals surface area contributed by atoms with E-state index in [2.05, 4.69) is 10.6 Å². The summed E-state index contributed by atoms with van der Waals surface area (Å²) in [5.41, 5.74) is 7.76. The Labute approximate surface area is 156 Å². The van der Waals surface area contributed by atoms with Gasteiger partial charge in [0.1, 0.15) is 17.2 Å². The van der Waals surface area contributed by atoms with Crippen LogP contribution in [0.4, 0.5) is 4.39 Å². The van der Waals surface area contributed by atoms with Crippen molar-refractivity contribution in [1.82, 2.24) is 10.6 Å². The highest BCUT2D eigenvalue weighted by atomic mass is 19.1. The van der Waals surface area contributed by atoms with Crippen LogP contribution in [0.25, 0.3) is 22.3 Å². The lowest BCUT2D eigenvalue weighted by molar-refractivity contribution is 0.100. The third-order valence-electron chi connectivity index (χ3n) is 5.02. The van der Waals surface area contributed by atoms with Gasteiger partial charge < -0.3 is 20.8 Å². The zero-order valence-corrected chi connectivity index (χ0v) is 14.9. The normalized spacial score (nSPS) is 15.3. The SMILES string of the molecule is NC(=O)c1cc(F)cc2cc(-c3ccc(CNC4CCNCC4)cc3)oc12. The van der Waals surface area contributed by atoms with Crippen molar-refractivity contribution >= 4 is 16.9 Å². The molecule has 6 heteroatoms. The van der Waals surface area contributed by atoms with E-state index in [4.69, 9.17) is 10.2 Å². The predicted molar refractivity (Wildman–Crippen MR) is 103 cm³/mol. The second-order valence-corrected chi connectivity index (χ2v) is 6.95. The van der Waals surface area contributed by atoms with E-state index in [1.165, 1.54) is 11.6 Å². The number of hydrogen-bond acceptors (Lipinski definition) is 4. The molecule has 1 aliphatic heterocycles. The lowest BCUT2D eigenvalue weighted by Crippen LogP contribution is -2.39. The summed E-state index contributed by atoms with van der Waals surface area (Å²) in [5.74, 6) is -0.640. The topological polar surface area (TPSA) is 80.3 Å². The first-order chi connectivity index (χ1) is 13.1. The maximum Gasteiger partial charge on any atom is 0.252 e. The van der Waals surface area contributed by atoms with Gasteiger partial charge in [-0.3, -0.25) is 4.79 Å². The molecule has 4 N–H and O–H groups in total. The Morgan fingerprint density at radius 1 is 1.19 bits per heavy atom. The first-order valence-electron chi connectivity index (χ1n) is 9.16. The van der Waals surface area contributed by atoms with Gasteiger partial charge in [-0.1, -0.05) is 24.3 Å². The summed E-state index contributed by atoms with van der Waals surface area (Å²) < 4.78 is 19.5. The smallest absolute Gasteiger partial charge is 0.252 e. The monoisotopic (exact) mass is 367 g/mol. The molecule has 2 aromatic carbocycles. The van der Waals surface area contributed by atoms with Crippen LogP contribution in [0.15, 0.2) is 46.9 Å². The van der Waals surface area contributed by atoms with Crippen molar-refractivity contribution in [1.29, 1.82) is 0 Å². The number of hydrogen-bond donors (Lipinski definition) is 3. The van der Waals surface area contributed by atoms with Crippen LogP contribution in [0, 0.1) is 5.82 Å². The van der Waals surface area contributed by atoms with Crippen LogP contribution in [-0.2, 0) is 6.54 Å². The molecule has 1 amide bonds. The van der Waals surface area contributed by atoms with Gasteiger partial charge in [0.15, 0.2) is 0 Å². The van der Waals surface area contributed by atoms with Crippen LogP contribution in [0.3, 0.4) is 0 Å². The van der Waals surface area contributed by atoms with Crippen molar-refractivity contribution in [3.8, 4) is 11.3 Å². The fourth-order valence-corrected chi connectivity index (χ4v) is 3.52. The summed E-state index contributed by atoms with van der Waals surface area (Å²) in [6.07, 6.45) is 2.30. The Morgan fingerprint density at radius 3 is 2.63 bits per heavy atom. The Hall–Kier alpha value is -2.70. The second-order valence-electron chi connectivity index (χ2n) is 6.95. The van der Waals surface area contributed by atoms with Crippen LogP contribution in [0.5, 0.6) is 0 Å². The van der Waals surface area contributed by atoms with E-state index in [-0.39, 0.29) is 5.56 Å². The Morgan fingerprint density at radius 2 is 1.93 bits per heavy atom. The number of rotatable bonds is 5. The van der Waals surface area contributed by atoms with Gasteiger partial charge in [0, 0.05) is 23.5 Å². The van der Waals surface area contributed by atoms with E-state index in [0.29, 0.717) is 22.8 Å². The minimum absolute atomic E-state index is 0.0547. The van der Waals surface area contributed by atoms with Crippen molar-refractivity contribution in [2.75, 3.05) is 13.1 Å². The van der Waals surface area contributed by atoms with Crippen molar-refractivity contribution in [2.45, 2.75) is 25.4 Å². The average Bonchev–Trinajstić information content (AvgIpc) is 3.10. The number of benzene rings is 2. The molecule has 1 saturated heterocycles. The minimum Gasteiger partial charge on any atom is -0.455 e. The molecule has 0 aliphatic carbocycles. The molecule has 0 saturated carbocycles. The molecule has 0 spiro atoms. The molecule has 1 aliphatic rings. The summed E-state index contributed by atoms with van der Waals surface area (Å²) in [5, 5.41) is 7.47. The van der Waals surface area contributed by atoms with Gasteiger partial charge in [0.05, 0.1) is 5.56 Å². The Balaban J connectivity index is 1.53. The molecule has 0 unspecified atom stereocenters. The first kappa shape index (κ1) is 17.7. The van der Waals surface area contributed by atoms with E-state index in [0.717, 1.165) is 44.1 Å². The van der Waals surface area contributed by atoms with E-state index in [9.17, 15) is 9.18 Å². The van der Waals surface area contributed by atoms with Crippen LogP contribution in [0.1, 0.15) is 28.8 Å². The van der Waals surface area contributed by atoms with Crippen molar-refractivity contribution in [3.05, 3.63) is 59.4 Å². The number of nitrogens with one attached hydrogen (secondary N) is 2. The van der Waals surface area contributed by atoms with Crippen molar-refractivity contribution in [2.24, 2.45) is 5.73 Å². The Kier molecular flexibility index (Phi) is 4.92. The summed E-state index contributed by atoms with van der Waals surface area (Å²) >= 11 is 0. The molecule has 1 aromatic heterocycles.